The van der Waals surface area contributed by atoms with Crippen LogP contribution < -0.4 is 4.74 Å². The van der Waals surface area contributed by atoms with Crippen molar-refractivity contribution >= 4 is 28.0 Å². The fourth-order valence-electron chi connectivity index (χ4n) is 4.40. The molecule has 0 radical (unpaired) electrons. The molecule has 0 N–H and O–H groups in total. The van der Waals surface area contributed by atoms with Gasteiger partial charge < -0.3 is 19.1 Å². The minimum Gasteiger partial charge on any atom is -0.483 e. The fourth-order valence-corrected chi connectivity index (χ4v) is 5.00. The molecule has 2 atom stereocenters. The maximum absolute atomic E-state index is 14.4. The number of pyridine rings is 1. The van der Waals surface area contributed by atoms with Crippen LogP contribution in [0, 0.1) is 6.92 Å². The number of aromatic nitrogens is 1. The Hall–Kier alpha value is -2.79. The van der Waals surface area contributed by atoms with Crippen molar-refractivity contribution in [3.63, 3.8) is 0 Å². The molecule has 1 aromatic heterocycles. The summed E-state index contributed by atoms with van der Waals surface area (Å²) >= 11 is 3.23. The maximum atomic E-state index is 14.4. The number of alkyl halides is 2. The zero-order chi connectivity index (χ0) is 29.1. The van der Waals surface area contributed by atoms with Crippen molar-refractivity contribution in [2.45, 2.75) is 65.2 Å². The Morgan fingerprint density at radius 2 is 1.87 bits per heavy atom. The molecule has 1 aliphatic heterocycles. The van der Waals surface area contributed by atoms with Crippen LogP contribution in [-0.2, 0) is 15.4 Å². The lowest BCUT2D eigenvalue weighted by Gasteiger charge is -2.41. The number of halogens is 3. The quantitative estimate of drug-likeness (QED) is 0.349. The summed E-state index contributed by atoms with van der Waals surface area (Å²) in [6.07, 6.45) is 0.422. The summed E-state index contributed by atoms with van der Waals surface area (Å²) in [7, 11) is 1.28. The van der Waals surface area contributed by atoms with Crippen LogP contribution in [0.2, 0.25) is 0 Å². The predicted octanol–water partition coefficient (Wildman–Crippen LogP) is 6.11. The predicted molar refractivity (Wildman–Crippen MR) is 146 cm³/mol. The average Bonchev–Trinajstić information content (AvgIpc) is 2.82. The van der Waals surface area contributed by atoms with Gasteiger partial charge in [0.05, 0.1) is 13.3 Å². The van der Waals surface area contributed by atoms with Crippen molar-refractivity contribution in [1.82, 2.24) is 14.8 Å². The third kappa shape index (κ3) is 8.11. The van der Waals surface area contributed by atoms with E-state index in [0.717, 1.165) is 6.92 Å². The van der Waals surface area contributed by atoms with Crippen molar-refractivity contribution in [1.29, 1.82) is 0 Å². The number of nitrogens with zero attached hydrogens (tertiary/aromatic N) is 3. The Balaban J connectivity index is 1.87. The van der Waals surface area contributed by atoms with Gasteiger partial charge in [-0.2, -0.15) is 0 Å². The van der Waals surface area contributed by atoms with E-state index in [9.17, 15) is 18.4 Å². The molecule has 0 aliphatic carbocycles. The van der Waals surface area contributed by atoms with Crippen LogP contribution in [0.3, 0.4) is 0 Å². The molecule has 0 bridgehead atoms. The van der Waals surface area contributed by atoms with Gasteiger partial charge in [0.1, 0.15) is 17.5 Å². The van der Waals surface area contributed by atoms with Crippen LogP contribution in [0.5, 0.6) is 5.75 Å². The summed E-state index contributed by atoms with van der Waals surface area (Å²) in [4.78, 5) is 32.6. The monoisotopic (exact) mass is 611 g/mol. The first-order valence-corrected chi connectivity index (χ1v) is 13.5. The molecule has 8 nitrogen and oxygen atoms in total. The van der Waals surface area contributed by atoms with Gasteiger partial charge in [-0.1, -0.05) is 22.0 Å². The largest absolute Gasteiger partial charge is 0.483 e. The zero-order valence-electron chi connectivity index (χ0n) is 23.4. The van der Waals surface area contributed by atoms with Gasteiger partial charge in [-0.3, -0.25) is 4.90 Å². The first-order valence-electron chi connectivity index (χ1n) is 12.7. The molecule has 1 aromatic carbocycles. The van der Waals surface area contributed by atoms with E-state index >= 15 is 0 Å². The number of benzene rings is 1. The van der Waals surface area contributed by atoms with Crippen LogP contribution in [0.1, 0.15) is 67.9 Å². The van der Waals surface area contributed by atoms with Crippen molar-refractivity contribution < 1.29 is 32.6 Å². The summed E-state index contributed by atoms with van der Waals surface area (Å²) < 4.78 is 45.6. The van der Waals surface area contributed by atoms with Gasteiger partial charge >= 0.3 is 12.1 Å². The first-order chi connectivity index (χ1) is 18.1. The second-order valence-electron chi connectivity index (χ2n) is 10.8. The lowest BCUT2D eigenvalue weighted by molar-refractivity contribution is -0.00302. The number of piperazine rings is 1. The van der Waals surface area contributed by atoms with Crippen molar-refractivity contribution in [3.05, 3.63) is 57.3 Å². The van der Waals surface area contributed by atoms with Crippen LogP contribution in [0.25, 0.3) is 0 Å². The number of esters is 1. The summed E-state index contributed by atoms with van der Waals surface area (Å²) in [5.74, 6) is -3.23. The number of ether oxygens (including phenoxy) is 3. The Morgan fingerprint density at radius 1 is 1.18 bits per heavy atom. The van der Waals surface area contributed by atoms with Gasteiger partial charge in [0.25, 0.3) is 5.92 Å². The highest BCUT2D eigenvalue weighted by Crippen LogP contribution is 2.36. The van der Waals surface area contributed by atoms with E-state index in [1.54, 1.807) is 30.0 Å². The van der Waals surface area contributed by atoms with Crippen LogP contribution in [-0.4, -0.2) is 71.8 Å². The average molecular weight is 613 g/mol. The highest BCUT2D eigenvalue weighted by Gasteiger charge is 2.33. The lowest BCUT2D eigenvalue weighted by Crippen LogP contribution is -2.55. The van der Waals surface area contributed by atoms with E-state index in [0.29, 0.717) is 47.5 Å². The summed E-state index contributed by atoms with van der Waals surface area (Å²) in [5.41, 5.74) is 0.557. The molecule has 1 saturated heterocycles. The molecule has 214 valence electrons. The third-order valence-corrected chi connectivity index (χ3v) is 7.00. The second kappa shape index (κ2) is 12.2. The molecule has 0 spiro atoms. The molecule has 11 heteroatoms. The molecule has 1 unspecified atom stereocenters. The smallest absolute Gasteiger partial charge is 0.410 e. The molecule has 2 aromatic rings. The minimum absolute atomic E-state index is 0.127. The van der Waals surface area contributed by atoms with Gasteiger partial charge in [0.2, 0.25) is 0 Å². The Labute approximate surface area is 236 Å². The fraction of sp³-hybridized carbons (Fsp3) is 0.536. The van der Waals surface area contributed by atoms with Gasteiger partial charge in [-0.05, 0) is 63.9 Å². The summed E-state index contributed by atoms with van der Waals surface area (Å²) in [6.45, 7) is 11.9. The Kier molecular flexibility index (Phi) is 9.59. The summed E-state index contributed by atoms with van der Waals surface area (Å²) in [6, 6.07) is 6.32. The minimum atomic E-state index is -3.06. The van der Waals surface area contributed by atoms with E-state index in [1.807, 2.05) is 27.7 Å². The lowest BCUT2D eigenvalue weighted by atomic mass is 10.0. The van der Waals surface area contributed by atoms with Crippen molar-refractivity contribution in [2.24, 2.45) is 0 Å². The standard InChI is InChI=1S/C28H36BrF2N3O5/c1-17-12-20(14-32-24(17)25(35)37-7)38-23(19-8-9-22(29)21(13-19)28(6,30)31)16-33-10-11-34(18(2)15-33)26(36)39-27(3,4)5/h8-9,12-14,18,23H,10-11,15-16H2,1-7H3/t18-,23?/m1/s1. The molecule has 1 amide bonds. The van der Waals surface area contributed by atoms with E-state index in [-0.39, 0.29) is 23.4 Å². The number of rotatable bonds is 7. The Bertz CT molecular complexity index is 1200. The van der Waals surface area contributed by atoms with E-state index in [4.69, 9.17) is 14.2 Å². The van der Waals surface area contributed by atoms with Gasteiger partial charge in [-0.25, -0.2) is 23.4 Å². The van der Waals surface area contributed by atoms with Crippen LogP contribution >= 0.6 is 15.9 Å². The number of amides is 1. The molecule has 1 fully saturated rings. The Morgan fingerprint density at radius 3 is 2.44 bits per heavy atom. The second-order valence-corrected chi connectivity index (χ2v) is 11.7. The number of aryl methyl sites for hydroxylation is 1. The van der Waals surface area contributed by atoms with Crippen LogP contribution in [0.4, 0.5) is 13.6 Å². The highest BCUT2D eigenvalue weighted by atomic mass is 79.9. The molecular formula is C28H36BrF2N3O5. The van der Waals surface area contributed by atoms with Gasteiger partial charge in [0, 0.05) is 49.2 Å². The first kappa shape index (κ1) is 30.7. The summed E-state index contributed by atoms with van der Waals surface area (Å²) in [5, 5.41) is 0. The third-order valence-electron chi connectivity index (χ3n) is 6.31. The maximum Gasteiger partial charge on any atom is 0.410 e. The zero-order valence-corrected chi connectivity index (χ0v) is 25.0. The number of carbonyl (C=O) groups excluding carboxylic acids is 2. The van der Waals surface area contributed by atoms with Crippen molar-refractivity contribution in [3.8, 4) is 5.75 Å². The number of hydrogen-bond acceptors (Lipinski definition) is 7. The highest BCUT2D eigenvalue weighted by molar-refractivity contribution is 9.10. The topological polar surface area (TPSA) is 81.2 Å². The van der Waals surface area contributed by atoms with E-state index in [1.165, 1.54) is 19.4 Å². The van der Waals surface area contributed by atoms with Gasteiger partial charge in [-0.15, -0.1) is 0 Å². The van der Waals surface area contributed by atoms with E-state index in [2.05, 4.69) is 25.8 Å². The van der Waals surface area contributed by atoms with Gasteiger partial charge in [0.15, 0.2) is 5.69 Å². The molecular weight excluding hydrogens is 576 g/mol. The molecule has 2 heterocycles. The van der Waals surface area contributed by atoms with E-state index < -0.39 is 23.6 Å². The molecule has 1 aliphatic rings. The molecule has 3 rings (SSSR count). The van der Waals surface area contributed by atoms with Crippen molar-refractivity contribution in [2.75, 3.05) is 33.3 Å². The molecule has 0 saturated carbocycles. The SMILES string of the molecule is COC(=O)c1ncc(OC(CN2CCN(C(=O)OC(C)(C)C)[C@H](C)C2)c2ccc(Br)c(C(C)(F)F)c2)cc1C. The number of methoxy groups -OCH3 is 1. The molecule has 39 heavy (non-hydrogen) atoms. The number of carbonyl (C=O) groups is 2. The number of hydrogen-bond donors (Lipinski definition) is 0. The normalized spacial score (nSPS) is 17.5. The van der Waals surface area contributed by atoms with Crippen LogP contribution in [0.15, 0.2) is 34.9 Å².